The van der Waals surface area contributed by atoms with Gasteiger partial charge in [-0.3, -0.25) is 9.79 Å². The molecule has 33 heavy (non-hydrogen) atoms. The van der Waals surface area contributed by atoms with Gasteiger partial charge in [0.15, 0.2) is 5.78 Å². The summed E-state index contributed by atoms with van der Waals surface area (Å²) < 4.78 is 5.38. The molecule has 6 heteroatoms. The molecule has 1 aromatic heterocycles. The number of hydrogen-bond acceptors (Lipinski definition) is 6. The first kappa shape index (κ1) is 21.4. The standard InChI is InChI=1S/C27H29N3O3/c1-16-20-9-10-21-24(17-7-5-4-6-8-17)29-27(18-11-12-28-23(14-18)33-3)30(2)25(21)22(20)13-19(15-31)26(16)32/h4-8,11-12,14-16,20,22,27,31H,9-10,13H2,1-3H3/b19-15-. The number of carbonyl (C=O) groups excluding carboxylic acids is 1. The SMILES string of the molecule is COc1cc(C2N=C(c3ccccc3)C3=C(C4C/C(=C/O)C(=O)C(C)C4CC3)N2C)ccn1. The largest absolute Gasteiger partial charge is 0.515 e. The highest BCUT2D eigenvalue weighted by Gasteiger charge is 2.46. The Morgan fingerprint density at radius 1 is 1.21 bits per heavy atom. The van der Waals surface area contributed by atoms with Crippen molar-refractivity contribution in [2.45, 2.75) is 32.4 Å². The summed E-state index contributed by atoms with van der Waals surface area (Å²) in [5.41, 5.74) is 6.13. The molecule has 1 saturated carbocycles. The number of Topliss-reactive ketones (excluding diaryl/α,β-unsaturated/α-hetero) is 1. The lowest BCUT2D eigenvalue weighted by Gasteiger charge is -2.48. The molecule has 1 N–H and O–H groups in total. The number of rotatable bonds is 3. The molecule has 0 saturated heterocycles. The number of aliphatic hydroxyl groups is 1. The Labute approximate surface area is 194 Å². The smallest absolute Gasteiger partial charge is 0.213 e. The van der Waals surface area contributed by atoms with Gasteiger partial charge in [-0.2, -0.15) is 0 Å². The first-order valence-corrected chi connectivity index (χ1v) is 11.5. The molecule has 2 aliphatic carbocycles. The monoisotopic (exact) mass is 443 g/mol. The van der Waals surface area contributed by atoms with Crippen molar-refractivity contribution in [2.24, 2.45) is 22.7 Å². The Balaban J connectivity index is 1.66. The molecular formula is C27H29N3O3. The van der Waals surface area contributed by atoms with Crippen LogP contribution >= 0.6 is 0 Å². The van der Waals surface area contributed by atoms with Crippen LogP contribution in [0.4, 0.5) is 0 Å². The van der Waals surface area contributed by atoms with Crippen molar-refractivity contribution in [3.8, 4) is 5.88 Å². The average molecular weight is 444 g/mol. The predicted molar refractivity (Wildman–Crippen MR) is 127 cm³/mol. The molecule has 0 amide bonds. The predicted octanol–water partition coefficient (Wildman–Crippen LogP) is 4.85. The Bertz CT molecular complexity index is 1170. The Morgan fingerprint density at radius 2 is 2.00 bits per heavy atom. The molecule has 4 atom stereocenters. The maximum Gasteiger partial charge on any atom is 0.213 e. The first-order chi connectivity index (χ1) is 16.0. The van der Waals surface area contributed by atoms with E-state index in [4.69, 9.17) is 9.73 Å². The molecule has 6 nitrogen and oxygen atoms in total. The topological polar surface area (TPSA) is 75.0 Å². The Kier molecular flexibility index (Phi) is 5.52. The van der Waals surface area contributed by atoms with E-state index in [1.807, 2.05) is 37.3 Å². The zero-order valence-corrected chi connectivity index (χ0v) is 19.2. The zero-order chi connectivity index (χ0) is 23.1. The molecule has 3 aliphatic rings. The van der Waals surface area contributed by atoms with Gasteiger partial charge in [-0.05, 0) is 36.8 Å². The van der Waals surface area contributed by atoms with Crippen LogP contribution in [0, 0.1) is 17.8 Å². The molecule has 4 unspecified atom stereocenters. The fourth-order valence-corrected chi connectivity index (χ4v) is 5.83. The summed E-state index contributed by atoms with van der Waals surface area (Å²) in [6.07, 6.45) is 4.93. The number of pyridine rings is 1. The molecule has 0 bridgehead atoms. The normalized spacial score (nSPS) is 28.3. The second-order valence-corrected chi connectivity index (χ2v) is 9.14. The summed E-state index contributed by atoms with van der Waals surface area (Å²) in [7, 11) is 3.70. The fourth-order valence-electron chi connectivity index (χ4n) is 5.83. The van der Waals surface area contributed by atoms with Crippen molar-refractivity contribution in [2.75, 3.05) is 14.2 Å². The van der Waals surface area contributed by atoms with Gasteiger partial charge in [-0.15, -0.1) is 0 Å². The Hall–Kier alpha value is -3.41. The van der Waals surface area contributed by atoms with E-state index < -0.39 is 0 Å². The van der Waals surface area contributed by atoms with Crippen LogP contribution in [0.15, 0.2) is 76.8 Å². The number of nitrogens with zero attached hydrogens (tertiary/aromatic N) is 3. The summed E-state index contributed by atoms with van der Waals surface area (Å²) in [5, 5.41) is 9.79. The van der Waals surface area contributed by atoms with Gasteiger partial charge in [0.25, 0.3) is 0 Å². The van der Waals surface area contributed by atoms with Crippen molar-refractivity contribution in [1.29, 1.82) is 0 Å². The molecule has 1 aliphatic heterocycles. The van der Waals surface area contributed by atoms with E-state index in [2.05, 4.69) is 29.1 Å². The summed E-state index contributed by atoms with van der Waals surface area (Å²) in [6, 6.07) is 14.2. The van der Waals surface area contributed by atoms with Gasteiger partial charge >= 0.3 is 0 Å². The lowest BCUT2D eigenvalue weighted by molar-refractivity contribution is -0.123. The molecule has 170 valence electrons. The van der Waals surface area contributed by atoms with Gasteiger partial charge in [0.2, 0.25) is 5.88 Å². The van der Waals surface area contributed by atoms with Crippen LogP contribution in [0.25, 0.3) is 0 Å². The minimum Gasteiger partial charge on any atom is -0.515 e. The van der Waals surface area contributed by atoms with Crippen molar-refractivity contribution in [3.63, 3.8) is 0 Å². The third-order valence-corrected chi connectivity index (χ3v) is 7.47. The lowest BCUT2D eigenvalue weighted by atomic mass is 9.62. The van der Waals surface area contributed by atoms with Crippen molar-refractivity contribution in [3.05, 3.63) is 82.9 Å². The van der Waals surface area contributed by atoms with E-state index in [1.165, 1.54) is 11.3 Å². The summed E-state index contributed by atoms with van der Waals surface area (Å²) in [4.78, 5) is 24.6. The third-order valence-electron chi connectivity index (χ3n) is 7.47. The highest BCUT2D eigenvalue weighted by atomic mass is 16.5. The van der Waals surface area contributed by atoms with Crippen LogP contribution in [0.1, 0.15) is 43.5 Å². The number of fused-ring (bicyclic) bond motifs is 2. The number of aliphatic hydroxyl groups excluding tert-OH is 1. The third kappa shape index (κ3) is 3.54. The second-order valence-electron chi connectivity index (χ2n) is 9.14. The van der Waals surface area contributed by atoms with E-state index in [-0.39, 0.29) is 29.7 Å². The van der Waals surface area contributed by atoms with Crippen molar-refractivity contribution < 1.29 is 14.6 Å². The summed E-state index contributed by atoms with van der Waals surface area (Å²) in [5.74, 6) is 0.938. The first-order valence-electron chi connectivity index (χ1n) is 11.5. The van der Waals surface area contributed by atoms with Crippen LogP contribution < -0.4 is 4.74 Å². The number of aliphatic imine (C=N–C) groups is 1. The minimum atomic E-state index is -0.232. The number of aromatic nitrogens is 1. The molecule has 2 heterocycles. The summed E-state index contributed by atoms with van der Waals surface area (Å²) >= 11 is 0. The fraction of sp³-hybridized carbons (Fsp3) is 0.370. The molecule has 1 fully saturated rings. The van der Waals surface area contributed by atoms with Gasteiger partial charge in [0, 0.05) is 53.5 Å². The highest BCUT2D eigenvalue weighted by Crippen LogP contribution is 2.51. The molecule has 0 radical (unpaired) electrons. The quantitative estimate of drug-likeness (QED) is 0.542. The number of allylic oxidation sites excluding steroid dienone is 3. The minimum absolute atomic E-state index is 0.0774. The van der Waals surface area contributed by atoms with Crippen LogP contribution in [0.2, 0.25) is 0 Å². The maximum atomic E-state index is 12.8. The molecule has 1 aromatic carbocycles. The van der Waals surface area contributed by atoms with Crippen LogP contribution in [-0.2, 0) is 4.79 Å². The van der Waals surface area contributed by atoms with Gasteiger partial charge in [0.1, 0.15) is 6.17 Å². The summed E-state index contributed by atoms with van der Waals surface area (Å²) in [6.45, 7) is 2.01. The number of ketones is 1. The van der Waals surface area contributed by atoms with Crippen molar-refractivity contribution >= 4 is 11.5 Å². The van der Waals surface area contributed by atoms with Crippen LogP contribution in [0.5, 0.6) is 5.88 Å². The van der Waals surface area contributed by atoms with E-state index in [1.54, 1.807) is 13.3 Å². The zero-order valence-electron chi connectivity index (χ0n) is 19.2. The lowest BCUT2D eigenvalue weighted by Crippen LogP contribution is -2.45. The number of carbonyl (C=O) groups is 1. The molecule has 5 rings (SSSR count). The van der Waals surface area contributed by atoms with Gasteiger partial charge in [-0.1, -0.05) is 37.3 Å². The second kappa shape index (κ2) is 8.50. The molecular weight excluding hydrogens is 414 g/mol. The number of hydrogen-bond donors (Lipinski definition) is 1. The maximum absolute atomic E-state index is 12.8. The van der Waals surface area contributed by atoms with E-state index in [0.29, 0.717) is 17.9 Å². The number of methoxy groups -OCH3 is 1. The van der Waals surface area contributed by atoms with Gasteiger partial charge < -0.3 is 14.7 Å². The number of benzene rings is 1. The number of ether oxygens (including phenoxy) is 1. The average Bonchev–Trinajstić information content (AvgIpc) is 2.86. The van der Waals surface area contributed by atoms with Gasteiger partial charge in [0.05, 0.1) is 19.1 Å². The van der Waals surface area contributed by atoms with Crippen LogP contribution in [0.3, 0.4) is 0 Å². The molecule has 0 spiro atoms. The molecule has 2 aromatic rings. The van der Waals surface area contributed by atoms with Gasteiger partial charge in [-0.25, -0.2) is 4.98 Å². The van der Waals surface area contributed by atoms with E-state index in [0.717, 1.165) is 35.9 Å². The van der Waals surface area contributed by atoms with Crippen LogP contribution in [-0.4, -0.2) is 40.6 Å². The Morgan fingerprint density at radius 3 is 2.73 bits per heavy atom. The van der Waals surface area contributed by atoms with Crippen molar-refractivity contribution in [1.82, 2.24) is 9.88 Å². The van der Waals surface area contributed by atoms with E-state index >= 15 is 0 Å². The van der Waals surface area contributed by atoms with E-state index in [9.17, 15) is 9.90 Å². The highest BCUT2D eigenvalue weighted by molar-refractivity contribution is 6.13.